The zero-order valence-electron chi connectivity index (χ0n) is 10.7. The van der Waals surface area contributed by atoms with Crippen LogP contribution in [0.3, 0.4) is 0 Å². The summed E-state index contributed by atoms with van der Waals surface area (Å²) in [5.74, 6) is 0.0366. The normalized spacial score (nSPS) is 9.74. The number of aliphatic carboxylic acids is 1. The molecule has 1 aromatic rings. The number of amides is 1. The highest BCUT2D eigenvalue weighted by molar-refractivity contribution is 5.77. The summed E-state index contributed by atoms with van der Waals surface area (Å²) in [4.78, 5) is 21.7. The lowest BCUT2D eigenvalue weighted by Crippen LogP contribution is -2.29. The second kappa shape index (κ2) is 7.97. The van der Waals surface area contributed by atoms with Gasteiger partial charge in [0.05, 0.1) is 7.11 Å². The van der Waals surface area contributed by atoms with Crippen molar-refractivity contribution in [3.8, 4) is 11.5 Å². The molecule has 0 spiro atoms. The average molecular weight is 267 g/mol. The first-order chi connectivity index (χ1) is 9.11. The maximum absolute atomic E-state index is 11.4. The fourth-order valence-corrected chi connectivity index (χ4v) is 1.36. The van der Waals surface area contributed by atoms with Crippen LogP contribution in [0.15, 0.2) is 24.3 Å². The van der Waals surface area contributed by atoms with Crippen LogP contribution in [0.5, 0.6) is 11.5 Å². The van der Waals surface area contributed by atoms with E-state index in [1.807, 2.05) is 0 Å². The minimum atomic E-state index is -0.873. The lowest BCUT2D eigenvalue weighted by atomic mass is 10.3. The van der Waals surface area contributed by atoms with Crippen LogP contribution in [0.2, 0.25) is 0 Å². The molecule has 0 aromatic heterocycles. The molecule has 0 aliphatic heterocycles. The maximum Gasteiger partial charge on any atom is 0.303 e. The third kappa shape index (κ3) is 6.30. The third-order valence-corrected chi connectivity index (χ3v) is 2.30. The fraction of sp³-hybridized carbons (Fsp3) is 0.385. The van der Waals surface area contributed by atoms with Gasteiger partial charge in [-0.25, -0.2) is 0 Å². The summed E-state index contributed by atoms with van der Waals surface area (Å²) >= 11 is 0. The topological polar surface area (TPSA) is 84.9 Å². The number of carbonyl (C=O) groups is 2. The summed E-state index contributed by atoms with van der Waals surface area (Å²) in [6.07, 6.45) is 0.442. The van der Waals surface area contributed by atoms with Crippen LogP contribution in [0.1, 0.15) is 12.8 Å². The molecule has 6 nitrogen and oxygen atoms in total. The molecule has 2 N–H and O–H groups in total. The molecular weight excluding hydrogens is 250 g/mol. The number of carboxylic acid groups (broad SMARTS) is 1. The third-order valence-electron chi connectivity index (χ3n) is 2.30. The van der Waals surface area contributed by atoms with Crippen molar-refractivity contribution in [1.82, 2.24) is 5.32 Å². The standard InChI is InChI=1S/C13H17NO5/c1-18-10-4-2-5-11(8-10)19-9-12(15)14-7-3-6-13(16)17/h2,4-5,8H,3,6-7,9H2,1H3,(H,14,15)(H,16,17). The molecule has 1 amide bonds. The number of methoxy groups -OCH3 is 1. The van der Waals surface area contributed by atoms with Gasteiger partial charge < -0.3 is 19.9 Å². The molecule has 0 unspecified atom stereocenters. The van der Waals surface area contributed by atoms with Crippen LogP contribution < -0.4 is 14.8 Å². The Balaban J connectivity index is 2.24. The number of ether oxygens (including phenoxy) is 2. The maximum atomic E-state index is 11.4. The van der Waals surface area contributed by atoms with Gasteiger partial charge >= 0.3 is 5.97 Å². The molecule has 0 aliphatic carbocycles. The van der Waals surface area contributed by atoms with E-state index in [2.05, 4.69) is 5.32 Å². The van der Waals surface area contributed by atoms with Gasteiger partial charge in [-0.1, -0.05) is 6.07 Å². The number of rotatable bonds is 8. The first-order valence-electron chi connectivity index (χ1n) is 5.87. The molecule has 0 heterocycles. The zero-order chi connectivity index (χ0) is 14.1. The Morgan fingerprint density at radius 3 is 2.74 bits per heavy atom. The predicted molar refractivity (Wildman–Crippen MR) is 68.4 cm³/mol. The zero-order valence-corrected chi connectivity index (χ0v) is 10.7. The molecule has 0 atom stereocenters. The summed E-state index contributed by atoms with van der Waals surface area (Å²) in [6.45, 7) is 0.215. The number of benzene rings is 1. The van der Waals surface area contributed by atoms with Gasteiger partial charge in [-0.3, -0.25) is 9.59 Å². The molecule has 104 valence electrons. The fourth-order valence-electron chi connectivity index (χ4n) is 1.36. The van der Waals surface area contributed by atoms with E-state index >= 15 is 0 Å². The molecule has 0 fully saturated rings. The Kier molecular flexibility index (Phi) is 6.21. The Labute approximate surface area is 111 Å². The molecule has 1 aromatic carbocycles. The van der Waals surface area contributed by atoms with E-state index in [9.17, 15) is 9.59 Å². The van der Waals surface area contributed by atoms with Gasteiger partial charge in [0.2, 0.25) is 0 Å². The number of hydrogen-bond acceptors (Lipinski definition) is 4. The number of carbonyl (C=O) groups excluding carboxylic acids is 1. The Hall–Kier alpha value is -2.24. The van der Waals surface area contributed by atoms with Gasteiger partial charge in [-0.05, 0) is 18.6 Å². The van der Waals surface area contributed by atoms with Crippen molar-refractivity contribution in [1.29, 1.82) is 0 Å². The molecule has 0 radical (unpaired) electrons. The van der Waals surface area contributed by atoms with Crippen molar-refractivity contribution in [3.63, 3.8) is 0 Å². The smallest absolute Gasteiger partial charge is 0.303 e. The van der Waals surface area contributed by atoms with E-state index in [4.69, 9.17) is 14.6 Å². The van der Waals surface area contributed by atoms with Crippen molar-refractivity contribution in [3.05, 3.63) is 24.3 Å². The lowest BCUT2D eigenvalue weighted by Gasteiger charge is -2.08. The minimum Gasteiger partial charge on any atom is -0.497 e. The van der Waals surface area contributed by atoms with E-state index in [1.54, 1.807) is 31.4 Å². The molecule has 19 heavy (non-hydrogen) atoms. The molecule has 6 heteroatoms. The highest BCUT2D eigenvalue weighted by Crippen LogP contribution is 2.18. The van der Waals surface area contributed by atoms with Crippen LogP contribution in [0, 0.1) is 0 Å². The van der Waals surface area contributed by atoms with Crippen molar-refractivity contribution in [2.24, 2.45) is 0 Å². The van der Waals surface area contributed by atoms with Gasteiger partial charge in [0.15, 0.2) is 6.61 Å². The van der Waals surface area contributed by atoms with Crippen LogP contribution >= 0.6 is 0 Å². The summed E-state index contributed by atoms with van der Waals surface area (Å²) in [6, 6.07) is 6.94. The van der Waals surface area contributed by atoms with Gasteiger partial charge in [0.25, 0.3) is 5.91 Å². The summed E-state index contributed by atoms with van der Waals surface area (Å²) in [7, 11) is 1.55. The van der Waals surface area contributed by atoms with Crippen LogP contribution in [0.25, 0.3) is 0 Å². The second-order valence-electron chi connectivity index (χ2n) is 3.81. The van der Waals surface area contributed by atoms with Gasteiger partial charge in [0.1, 0.15) is 11.5 Å². The average Bonchev–Trinajstić information content (AvgIpc) is 2.41. The lowest BCUT2D eigenvalue weighted by molar-refractivity contribution is -0.137. The molecule has 0 bridgehead atoms. The van der Waals surface area contributed by atoms with Crippen LogP contribution in [0.4, 0.5) is 0 Å². The van der Waals surface area contributed by atoms with Gasteiger partial charge in [-0.15, -0.1) is 0 Å². The minimum absolute atomic E-state index is 0.0387. The largest absolute Gasteiger partial charge is 0.497 e. The SMILES string of the molecule is COc1cccc(OCC(=O)NCCCC(=O)O)c1. The van der Waals surface area contributed by atoms with Gasteiger partial charge in [0, 0.05) is 19.0 Å². The monoisotopic (exact) mass is 267 g/mol. The van der Waals surface area contributed by atoms with E-state index in [1.165, 1.54) is 0 Å². The summed E-state index contributed by atoms with van der Waals surface area (Å²) in [5, 5.41) is 11.0. The highest BCUT2D eigenvalue weighted by Gasteiger charge is 2.04. The van der Waals surface area contributed by atoms with Crippen molar-refractivity contribution < 1.29 is 24.2 Å². The first-order valence-corrected chi connectivity index (χ1v) is 5.87. The van der Waals surface area contributed by atoms with Crippen LogP contribution in [-0.4, -0.2) is 37.2 Å². The predicted octanol–water partition coefficient (Wildman–Crippen LogP) is 1.05. The molecule has 0 aliphatic rings. The molecular formula is C13H17NO5. The first kappa shape index (κ1) is 14.8. The molecule has 0 saturated carbocycles. The van der Waals surface area contributed by atoms with E-state index in [0.29, 0.717) is 24.5 Å². The second-order valence-corrected chi connectivity index (χ2v) is 3.81. The highest BCUT2D eigenvalue weighted by atomic mass is 16.5. The summed E-state index contributed by atoms with van der Waals surface area (Å²) in [5.41, 5.74) is 0. The Morgan fingerprint density at radius 2 is 2.05 bits per heavy atom. The number of nitrogens with one attached hydrogen (secondary N) is 1. The number of carboxylic acids is 1. The van der Waals surface area contributed by atoms with Crippen molar-refractivity contribution in [2.75, 3.05) is 20.3 Å². The Morgan fingerprint density at radius 1 is 1.32 bits per heavy atom. The van der Waals surface area contributed by atoms with Crippen LogP contribution in [-0.2, 0) is 9.59 Å². The number of hydrogen-bond donors (Lipinski definition) is 2. The van der Waals surface area contributed by atoms with E-state index in [0.717, 1.165) is 0 Å². The van der Waals surface area contributed by atoms with E-state index < -0.39 is 5.97 Å². The quantitative estimate of drug-likeness (QED) is 0.688. The molecule has 1 rings (SSSR count). The molecule has 0 saturated heterocycles. The Bertz CT molecular complexity index is 433. The van der Waals surface area contributed by atoms with Crippen molar-refractivity contribution >= 4 is 11.9 Å². The van der Waals surface area contributed by atoms with E-state index in [-0.39, 0.29) is 18.9 Å². The van der Waals surface area contributed by atoms with Crippen molar-refractivity contribution in [2.45, 2.75) is 12.8 Å². The summed E-state index contributed by atoms with van der Waals surface area (Å²) < 4.78 is 10.3. The van der Waals surface area contributed by atoms with Gasteiger partial charge in [-0.2, -0.15) is 0 Å².